The number of ether oxygens (including phenoxy) is 1. The van der Waals surface area contributed by atoms with Crippen LogP contribution in [0.1, 0.15) is 22.8 Å². The zero-order valence-electron chi connectivity index (χ0n) is 7.37. The van der Waals surface area contributed by atoms with E-state index in [-0.39, 0.29) is 5.15 Å². The maximum absolute atomic E-state index is 11.3. The van der Waals surface area contributed by atoms with Gasteiger partial charge in [-0.1, -0.05) is 11.6 Å². The molecule has 0 atom stereocenters. The fourth-order valence-electron chi connectivity index (χ4n) is 0.892. The minimum absolute atomic E-state index is 0.0819. The van der Waals surface area contributed by atoms with Gasteiger partial charge in [0.2, 0.25) is 0 Å². The predicted molar refractivity (Wildman–Crippen MR) is 47.7 cm³/mol. The SMILES string of the molecule is CCOC(=O)c1c(C)cnnc1Cl. The minimum Gasteiger partial charge on any atom is -0.462 e. The Kier molecular flexibility index (Phi) is 3.19. The Morgan fingerprint density at radius 1 is 1.69 bits per heavy atom. The Hall–Kier alpha value is -1.16. The molecular weight excluding hydrogens is 192 g/mol. The third-order valence-corrected chi connectivity index (χ3v) is 1.74. The summed E-state index contributed by atoms with van der Waals surface area (Å²) in [6.07, 6.45) is 1.47. The number of hydrogen-bond acceptors (Lipinski definition) is 4. The molecule has 1 heterocycles. The lowest BCUT2D eigenvalue weighted by atomic mass is 10.2. The number of esters is 1. The second-order valence-corrected chi connectivity index (χ2v) is 2.77. The van der Waals surface area contributed by atoms with E-state index < -0.39 is 5.97 Å². The Bertz CT molecular complexity index is 308. The summed E-state index contributed by atoms with van der Waals surface area (Å²) in [4.78, 5) is 11.3. The van der Waals surface area contributed by atoms with Crippen molar-refractivity contribution in [2.75, 3.05) is 6.61 Å². The second kappa shape index (κ2) is 4.18. The number of carbonyl (C=O) groups excluding carboxylic acids is 1. The Balaban J connectivity index is 3.05. The van der Waals surface area contributed by atoms with Gasteiger partial charge in [0.05, 0.1) is 12.8 Å². The van der Waals surface area contributed by atoms with E-state index in [4.69, 9.17) is 16.3 Å². The van der Waals surface area contributed by atoms with E-state index in [2.05, 4.69) is 10.2 Å². The maximum atomic E-state index is 11.3. The number of rotatable bonds is 2. The highest BCUT2D eigenvalue weighted by atomic mass is 35.5. The van der Waals surface area contributed by atoms with Crippen molar-refractivity contribution in [1.29, 1.82) is 0 Å². The van der Waals surface area contributed by atoms with E-state index in [0.717, 1.165) is 0 Å². The number of aromatic nitrogens is 2. The molecule has 0 fully saturated rings. The molecule has 0 aromatic carbocycles. The van der Waals surface area contributed by atoms with Crippen LogP contribution in [0.5, 0.6) is 0 Å². The van der Waals surface area contributed by atoms with Crippen molar-refractivity contribution >= 4 is 17.6 Å². The van der Waals surface area contributed by atoms with Gasteiger partial charge < -0.3 is 4.74 Å². The van der Waals surface area contributed by atoms with E-state index >= 15 is 0 Å². The third-order valence-electron chi connectivity index (χ3n) is 1.48. The molecule has 0 aliphatic heterocycles. The van der Waals surface area contributed by atoms with Crippen molar-refractivity contribution in [1.82, 2.24) is 10.2 Å². The molecule has 0 unspecified atom stereocenters. The molecule has 4 nitrogen and oxygen atoms in total. The van der Waals surface area contributed by atoms with Crippen molar-refractivity contribution in [2.24, 2.45) is 0 Å². The highest BCUT2D eigenvalue weighted by molar-refractivity contribution is 6.32. The number of halogens is 1. The van der Waals surface area contributed by atoms with Gasteiger partial charge in [-0.3, -0.25) is 0 Å². The monoisotopic (exact) mass is 200 g/mol. The molecule has 0 bridgehead atoms. The standard InChI is InChI=1S/C8H9ClN2O2/c1-3-13-8(12)6-5(2)4-10-11-7(6)9/h4H,3H2,1-2H3. The summed E-state index contributed by atoms with van der Waals surface area (Å²) in [6.45, 7) is 3.78. The van der Waals surface area contributed by atoms with Crippen LogP contribution in [0.2, 0.25) is 5.15 Å². The smallest absolute Gasteiger partial charge is 0.341 e. The molecule has 0 spiro atoms. The fourth-order valence-corrected chi connectivity index (χ4v) is 1.16. The number of hydrogen-bond donors (Lipinski definition) is 0. The van der Waals surface area contributed by atoms with Gasteiger partial charge in [0, 0.05) is 0 Å². The van der Waals surface area contributed by atoms with Crippen molar-refractivity contribution in [3.63, 3.8) is 0 Å². The van der Waals surface area contributed by atoms with Crippen LogP contribution in [-0.4, -0.2) is 22.8 Å². The van der Waals surface area contributed by atoms with E-state index in [1.165, 1.54) is 6.20 Å². The molecule has 1 aromatic rings. The van der Waals surface area contributed by atoms with E-state index in [1.807, 2.05) is 0 Å². The lowest BCUT2D eigenvalue weighted by Crippen LogP contribution is -2.09. The van der Waals surface area contributed by atoms with Crippen molar-refractivity contribution < 1.29 is 9.53 Å². The van der Waals surface area contributed by atoms with Gasteiger partial charge in [-0.15, -0.1) is 5.10 Å². The van der Waals surface area contributed by atoms with Gasteiger partial charge in [0.25, 0.3) is 0 Å². The number of carbonyl (C=O) groups is 1. The molecule has 13 heavy (non-hydrogen) atoms. The highest BCUT2D eigenvalue weighted by Gasteiger charge is 2.15. The van der Waals surface area contributed by atoms with Crippen LogP contribution >= 0.6 is 11.6 Å². The van der Waals surface area contributed by atoms with E-state index in [0.29, 0.717) is 17.7 Å². The minimum atomic E-state index is -0.458. The fraction of sp³-hybridized carbons (Fsp3) is 0.375. The quantitative estimate of drug-likeness (QED) is 0.681. The van der Waals surface area contributed by atoms with Crippen LogP contribution in [0, 0.1) is 6.92 Å². The summed E-state index contributed by atoms with van der Waals surface area (Å²) < 4.78 is 4.80. The van der Waals surface area contributed by atoms with Gasteiger partial charge in [-0.05, 0) is 19.4 Å². The molecule has 0 aliphatic carbocycles. The lowest BCUT2D eigenvalue weighted by molar-refractivity contribution is 0.0525. The molecule has 5 heteroatoms. The summed E-state index contributed by atoms with van der Waals surface area (Å²) in [7, 11) is 0. The Morgan fingerprint density at radius 3 is 2.92 bits per heavy atom. The number of nitrogens with zero attached hydrogens (tertiary/aromatic N) is 2. The van der Waals surface area contributed by atoms with Crippen LogP contribution in [0.4, 0.5) is 0 Å². The zero-order chi connectivity index (χ0) is 9.84. The Labute approximate surface area is 80.9 Å². The first-order valence-corrected chi connectivity index (χ1v) is 4.19. The van der Waals surface area contributed by atoms with Gasteiger partial charge in [0.1, 0.15) is 5.56 Å². The van der Waals surface area contributed by atoms with Crippen molar-refractivity contribution in [3.8, 4) is 0 Å². The second-order valence-electron chi connectivity index (χ2n) is 2.41. The largest absolute Gasteiger partial charge is 0.462 e. The summed E-state index contributed by atoms with van der Waals surface area (Å²) in [5.41, 5.74) is 0.956. The molecule has 0 radical (unpaired) electrons. The molecule has 0 saturated heterocycles. The van der Waals surface area contributed by atoms with Crippen LogP contribution in [0.25, 0.3) is 0 Å². The molecule has 0 saturated carbocycles. The van der Waals surface area contributed by atoms with Crippen molar-refractivity contribution in [2.45, 2.75) is 13.8 Å². The van der Waals surface area contributed by atoms with E-state index in [9.17, 15) is 4.79 Å². The molecule has 0 N–H and O–H groups in total. The van der Waals surface area contributed by atoms with Gasteiger partial charge >= 0.3 is 5.97 Å². The molecule has 70 valence electrons. The first kappa shape index (κ1) is 9.92. The lowest BCUT2D eigenvalue weighted by Gasteiger charge is -2.04. The predicted octanol–water partition coefficient (Wildman–Crippen LogP) is 1.62. The highest BCUT2D eigenvalue weighted by Crippen LogP contribution is 2.16. The molecule has 0 aliphatic rings. The van der Waals surface area contributed by atoms with Crippen LogP contribution in [0.3, 0.4) is 0 Å². The topological polar surface area (TPSA) is 52.1 Å². The normalized spacial score (nSPS) is 9.77. The van der Waals surface area contributed by atoms with Gasteiger partial charge in [-0.2, -0.15) is 5.10 Å². The summed E-state index contributed by atoms with van der Waals surface area (Å²) in [5.74, 6) is -0.458. The first-order chi connectivity index (χ1) is 6.16. The number of aryl methyl sites for hydroxylation is 1. The molecule has 0 amide bonds. The Morgan fingerprint density at radius 2 is 2.38 bits per heavy atom. The zero-order valence-corrected chi connectivity index (χ0v) is 8.13. The van der Waals surface area contributed by atoms with Crippen LogP contribution in [-0.2, 0) is 4.74 Å². The van der Waals surface area contributed by atoms with Crippen LogP contribution in [0.15, 0.2) is 6.20 Å². The third kappa shape index (κ3) is 2.15. The molecule has 1 rings (SSSR count). The van der Waals surface area contributed by atoms with Gasteiger partial charge in [0.15, 0.2) is 5.15 Å². The average molecular weight is 201 g/mol. The maximum Gasteiger partial charge on any atom is 0.341 e. The summed E-state index contributed by atoms with van der Waals surface area (Å²) >= 11 is 5.69. The van der Waals surface area contributed by atoms with Crippen molar-refractivity contribution in [3.05, 3.63) is 22.5 Å². The molecule has 1 aromatic heterocycles. The molecular formula is C8H9ClN2O2. The summed E-state index contributed by atoms with van der Waals surface area (Å²) in [5, 5.41) is 7.24. The first-order valence-electron chi connectivity index (χ1n) is 3.81. The average Bonchev–Trinajstić information content (AvgIpc) is 2.04. The summed E-state index contributed by atoms with van der Waals surface area (Å²) in [6, 6.07) is 0. The van der Waals surface area contributed by atoms with Crippen LogP contribution < -0.4 is 0 Å². The van der Waals surface area contributed by atoms with E-state index in [1.54, 1.807) is 13.8 Å². The van der Waals surface area contributed by atoms with Gasteiger partial charge in [-0.25, -0.2) is 4.79 Å².